The Balaban J connectivity index is 1.82. The molecule has 3 heterocycles. The maximum atomic E-state index is 13.9. The number of anilines is 1. The summed E-state index contributed by atoms with van der Waals surface area (Å²) in [6.07, 6.45) is 7.53. The first-order chi connectivity index (χ1) is 13.7. The van der Waals surface area contributed by atoms with Crippen molar-refractivity contribution in [2.45, 2.75) is 51.6 Å². The Labute approximate surface area is 170 Å². The largest absolute Gasteiger partial charge is 0.368 e. The predicted octanol–water partition coefficient (Wildman–Crippen LogP) is 3.05. The molecular weight excluding hydrogens is 369 g/mol. The average Bonchev–Trinajstić information content (AvgIpc) is 3.44. The Bertz CT molecular complexity index is 941. The second kappa shape index (κ2) is 7.37. The third-order valence-electron chi connectivity index (χ3n) is 5.99. The second-order valence-corrected chi connectivity index (χ2v) is 8.80. The van der Waals surface area contributed by atoms with Crippen molar-refractivity contribution in [1.29, 1.82) is 0 Å². The van der Waals surface area contributed by atoms with Gasteiger partial charge in [-0.05, 0) is 52.0 Å². The standard InChI is InChI=1S/C22H28FN5O/c1-13(15-4-5-15)27-21(29)18-11-26-14(2)19(16-8-17(23)10-25-9-16)20(18)28-7-6-22(3,24)12-28/h8-11,13,15H,4-7,12,24H2,1-3H3,(H,27,29)/t13-,22-/m0/s1. The smallest absolute Gasteiger partial charge is 0.255 e. The molecule has 4 rings (SSSR count). The van der Waals surface area contributed by atoms with E-state index in [1.165, 1.54) is 12.3 Å². The van der Waals surface area contributed by atoms with Crippen LogP contribution in [0.5, 0.6) is 0 Å². The molecule has 1 saturated heterocycles. The summed E-state index contributed by atoms with van der Waals surface area (Å²) < 4.78 is 13.9. The Hall–Kier alpha value is -2.54. The molecule has 1 aliphatic heterocycles. The van der Waals surface area contributed by atoms with E-state index in [1.54, 1.807) is 12.4 Å². The lowest BCUT2D eigenvalue weighted by Gasteiger charge is -2.27. The number of amides is 1. The zero-order chi connectivity index (χ0) is 20.8. The number of carbonyl (C=O) groups is 1. The van der Waals surface area contributed by atoms with Crippen molar-refractivity contribution in [2.75, 3.05) is 18.0 Å². The van der Waals surface area contributed by atoms with Crippen LogP contribution in [0.4, 0.5) is 10.1 Å². The van der Waals surface area contributed by atoms with E-state index >= 15 is 0 Å². The van der Waals surface area contributed by atoms with E-state index in [2.05, 4.69) is 20.2 Å². The van der Waals surface area contributed by atoms with Gasteiger partial charge in [0.25, 0.3) is 5.91 Å². The maximum Gasteiger partial charge on any atom is 0.255 e. The van der Waals surface area contributed by atoms with Crippen molar-refractivity contribution in [1.82, 2.24) is 15.3 Å². The minimum absolute atomic E-state index is 0.120. The highest BCUT2D eigenvalue weighted by Crippen LogP contribution is 2.39. The lowest BCUT2D eigenvalue weighted by molar-refractivity contribution is 0.0936. The van der Waals surface area contributed by atoms with Crippen LogP contribution >= 0.6 is 0 Å². The number of carbonyl (C=O) groups excluding carboxylic acids is 1. The van der Waals surface area contributed by atoms with Gasteiger partial charge in [0.2, 0.25) is 0 Å². The van der Waals surface area contributed by atoms with Gasteiger partial charge in [-0.2, -0.15) is 0 Å². The molecule has 0 bridgehead atoms. The number of hydrogen-bond acceptors (Lipinski definition) is 5. The van der Waals surface area contributed by atoms with Gasteiger partial charge in [0.05, 0.1) is 17.4 Å². The molecule has 1 saturated carbocycles. The molecule has 0 unspecified atom stereocenters. The Morgan fingerprint density at radius 2 is 2.14 bits per heavy atom. The number of hydrogen-bond donors (Lipinski definition) is 2. The topological polar surface area (TPSA) is 84.1 Å². The van der Waals surface area contributed by atoms with E-state index in [0.29, 0.717) is 23.6 Å². The molecule has 2 aromatic heterocycles. The second-order valence-electron chi connectivity index (χ2n) is 8.80. The number of aryl methyl sites for hydroxylation is 1. The SMILES string of the molecule is Cc1ncc(C(=O)N[C@@H](C)C2CC2)c(N2CC[C@](C)(N)C2)c1-c1cncc(F)c1. The van der Waals surface area contributed by atoms with Crippen molar-refractivity contribution >= 4 is 11.6 Å². The fraction of sp³-hybridized carbons (Fsp3) is 0.500. The van der Waals surface area contributed by atoms with E-state index in [9.17, 15) is 9.18 Å². The monoisotopic (exact) mass is 397 g/mol. The van der Waals surface area contributed by atoms with E-state index < -0.39 is 5.82 Å². The van der Waals surface area contributed by atoms with Crippen molar-refractivity contribution < 1.29 is 9.18 Å². The summed E-state index contributed by atoms with van der Waals surface area (Å²) in [5.41, 5.74) is 9.38. The molecule has 7 heteroatoms. The van der Waals surface area contributed by atoms with Gasteiger partial charge in [0.15, 0.2) is 0 Å². The fourth-order valence-corrected chi connectivity index (χ4v) is 4.16. The molecule has 29 heavy (non-hydrogen) atoms. The number of nitrogens with two attached hydrogens (primary N) is 1. The Morgan fingerprint density at radius 3 is 2.76 bits per heavy atom. The first kappa shape index (κ1) is 19.8. The zero-order valence-electron chi connectivity index (χ0n) is 17.2. The lowest BCUT2D eigenvalue weighted by atomic mass is 9.99. The van der Waals surface area contributed by atoms with Gasteiger partial charge in [-0.25, -0.2) is 4.39 Å². The molecule has 1 aliphatic carbocycles. The van der Waals surface area contributed by atoms with Crippen molar-refractivity contribution in [2.24, 2.45) is 11.7 Å². The van der Waals surface area contributed by atoms with Crippen LogP contribution in [-0.2, 0) is 0 Å². The van der Waals surface area contributed by atoms with Gasteiger partial charge in [0, 0.05) is 53.9 Å². The molecule has 3 N–H and O–H groups in total. The van der Waals surface area contributed by atoms with Crippen molar-refractivity contribution in [3.8, 4) is 11.1 Å². The number of pyridine rings is 2. The van der Waals surface area contributed by atoms with Crippen LogP contribution in [0.15, 0.2) is 24.7 Å². The fourth-order valence-electron chi connectivity index (χ4n) is 4.16. The molecule has 6 nitrogen and oxygen atoms in total. The third-order valence-corrected chi connectivity index (χ3v) is 5.99. The zero-order valence-corrected chi connectivity index (χ0v) is 17.2. The van der Waals surface area contributed by atoms with Crippen LogP contribution in [0.3, 0.4) is 0 Å². The van der Waals surface area contributed by atoms with Gasteiger partial charge < -0.3 is 16.0 Å². The minimum Gasteiger partial charge on any atom is -0.368 e. The van der Waals surface area contributed by atoms with Gasteiger partial charge >= 0.3 is 0 Å². The minimum atomic E-state index is -0.421. The van der Waals surface area contributed by atoms with Gasteiger partial charge in [0.1, 0.15) is 5.82 Å². The highest BCUT2D eigenvalue weighted by molar-refractivity contribution is 6.03. The number of halogens is 1. The van der Waals surface area contributed by atoms with Crippen molar-refractivity contribution in [3.63, 3.8) is 0 Å². The van der Waals surface area contributed by atoms with E-state index in [0.717, 1.165) is 42.8 Å². The maximum absolute atomic E-state index is 13.9. The lowest BCUT2D eigenvalue weighted by Crippen LogP contribution is -2.40. The van der Waals surface area contributed by atoms with Gasteiger partial charge in [-0.1, -0.05) is 0 Å². The van der Waals surface area contributed by atoms with Crippen molar-refractivity contribution in [3.05, 3.63) is 41.7 Å². The molecule has 1 amide bonds. The molecule has 0 spiro atoms. The normalized spacial score (nSPS) is 22.6. The molecule has 2 atom stereocenters. The Kier molecular flexibility index (Phi) is 5.02. The molecule has 2 fully saturated rings. The van der Waals surface area contributed by atoms with E-state index in [4.69, 9.17) is 5.73 Å². The van der Waals surface area contributed by atoms with Crippen LogP contribution < -0.4 is 16.0 Å². The molecule has 0 radical (unpaired) electrons. The summed E-state index contributed by atoms with van der Waals surface area (Å²) in [5.74, 6) is -0.0231. The van der Waals surface area contributed by atoms with Gasteiger partial charge in [-0.15, -0.1) is 0 Å². The summed E-state index contributed by atoms with van der Waals surface area (Å²) in [6, 6.07) is 1.56. The molecule has 154 valence electrons. The molecule has 2 aromatic rings. The molecule has 2 aliphatic rings. The van der Waals surface area contributed by atoms with Crippen LogP contribution in [-0.4, -0.2) is 40.5 Å². The quantitative estimate of drug-likeness (QED) is 0.810. The van der Waals surface area contributed by atoms with E-state index in [1.807, 2.05) is 20.8 Å². The average molecular weight is 397 g/mol. The number of nitrogens with one attached hydrogen (secondary N) is 1. The summed E-state index contributed by atoms with van der Waals surface area (Å²) in [5, 5.41) is 3.13. The summed E-state index contributed by atoms with van der Waals surface area (Å²) >= 11 is 0. The highest BCUT2D eigenvalue weighted by Gasteiger charge is 2.35. The third kappa shape index (κ3) is 4.10. The van der Waals surface area contributed by atoms with Crippen LogP contribution in [0.2, 0.25) is 0 Å². The first-order valence-electron chi connectivity index (χ1n) is 10.2. The van der Waals surface area contributed by atoms with Gasteiger partial charge in [-0.3, -0.25) is 14.8 Å². The highest BCUT2D eigenvalue weighted by atomic mass is 19.1. The Morgan fingerprint density at radius 1 is 1.38 bits per heavy atom. The number of aromatic nitrogens is 2. The van der Waals surface area contributed by atoms with Crippen LogP contribution in [0.1, 0.15) is 49.2 Å². The first-order valence-corrected chi connectivity index (χ1v) is 10.2. The molecule has 0 aromatic carbocycles. The number of nitrogens with zero attached hydrogens (tertiary/aromatic N) is 3. The van der Waals surface area contributed by atoms with Crippen LogP contribution in [0, 0.1) is 18.7 Å². The van der Waals surface area contributed by atoms with E-state index in [-0.39, 0.29) is 17.5 Å². The molecular formula is C22H28FN5O. The van der Waals surface area contributed by atoms with Crippen LogP contribution in [0.25, 0.3) is 11.1 Å². The summed E-state index contributed by atoms with van der Waals surface area (Å²) in [4.78, 5) is 23.8. The summed E-state index contributed by atoms with van der Waals surface area (Å²) in [6.45, 7) is 7.27. The summed E-state index contributed by atoms with van der Waals surface area (Å²) in [7, 11) is 0. The predicted molar refractivity (Wildman–Crippen MR) is 111 cm³/mol. The number of rotatable bonds is 5.